The lowest BCUT2D eigenvalue weighted by atomic mass is 10.0. The van der Waals surface area contributed by atoms with Crippen molar-refractivity contribution in [3.8, 4) is 5.75 Å². The molecule has 0 aliphatic heterocycles. The first kappa shape index (κ1) is 18.6. The lowest BCUT2D eigenvalue weighted by Gasteiger charge is -2.12. The van der Waals surface area contributed by atoms with Crippen LogP contribution in [0, 0.1) is 0 Å². The third-order valence-corrected chi connectivity index (χ3v) is 5.74. The van der Waals surface area contributed by atoms with Gasteiger partial charge in [0, 0.05) is 30.3 Å². The fourth-order valence-corrected chi connectivity index (χ4v) is 4.20. The first-order valence-corrected chi connectivity index (χ1v) is 10.4. The molecule has 0 unspecified atom stereocenters. The molecule has 0 saturated heterocycles. The summed E-state index contributed by atoms with van der Waals surface area (Å²) in [5.74, 6) is 1.81. The Hall–Kier alpha value is -3.42. The number of aromatic amines is 2. The number of ether oxygens (including phenoxy) is 1. The molecule has 0 atom stereocenters. The van der Waals surface area contributed by atoms with Gasteiger partial charge in [-0.2, -0.15) is 5.10 Å². The maximum Gasteiger partial charge on any atom is 0.276 e. The van der Waals surface area contributed by atoms with Gasteiger partial charge in [0.25, 0.3) is 5.56 Å². The van der Waals surface area contributed by atoms with Crippen LogP contribution in [0.25, 0.3) is 11.0 Å². The van der Waals surface area contributed by atoms with Gasteiger partial charge in [-0.15, -0.1) is 0 Å². The van der Waals surface area contributed by atoms with Crippen LogP contribution >= 0.6 is 0 Å². The SMILES string of the molecule is O=c1[nH]c(Cc2ccccc2OCCn2ccnc2)nc2c(C3CCCC3)n[nH]c12. The summed E-state index contributed by atoms with van der Waals surface area (Å²) in [7, 11) is 0. The van der Waals surface area contributed by atoms with Crippen LogP contribution in [0.1, 0.15) is 48.7 Å². The van der Waals surface area contributed by atoms with Gasteiger partial charge in [-0.05, 0) is 18.9 Å². The summed E-state index contributed by atoms with van der Waals surface area (Å²) in [6.07, 6.45) is 10.5. The van der Waals surface area contributed by atoms with Crippen molar-refractivity contribution in [2.75, 3.05) is 6.61 Å². The van der Waals surface area contributed by atoms with E-state index in [1.807, 2.05) is 35.0 Å². The topological polar surface area (TPSA) is 101 Å². The van der Waals surface area contributed by atoms with Crippen LogP contribution in [0.2, 0.25) is 0 Å². The van der Waals surface area contributed by atoms with E-state index in [1.54, 1.807) is 12.5 Å². The minimum absolute atomic E-state index is 0.176. The van der Waals surface area contributed by atoms with Gasteiger partial charge in [0.2, 0.25) is 0 Å². The maximum atomic E-state index is 12.6. The molecule has 3 heterocycles. The summed E-state index contributed by atoms with van der Waals surface area (Å²) in [5.41, 5.74) is 2.91. The minimum atomic E-state index is -0.176. The van der Waals surface area contributed by atoms with Crippen molar-refractivity contribution in [3.63, 3.8) is 0 Å². The average Bonchev–Trinajstić information content (AvgIpc) is 3.51. The van der Waals surface area contributed by atoms with Crippen LogP contribution in [0.5, 0.6) is 5.75 Å². The zero-order chi connectivity index (χ0) is 20.3. The van der Waals surface area contributed by atoms with E-state index >= 15 is 0 Å². The highest BCUT2D eigenvalue weighted by atomic mass is 16.5. The Morgan fingerprint density at radius 2 is 2.07 bits per heavy atom. The van der Waals surface area contributed by atoms with Crippen molar-refractivity contribution >= 4 is 11.0 Å². The van der Waals surface area contributed by atoms with Crippen molar-refractivity contribution in [3.05, 3.63) is 70.4 Å². The standard InChI is InChI=1S/C22H24N6O2/c29-22-21-20(19(26-27-21)15-5-1-2-6-15)24-18(25-22)13-16-7-3-4-8-17(16)30-12-11-28-10-9-23-14-28/h3-4,7-10,14-15H,1-2,5-6,11-13H2,(H,26,27)(H,24,25,29). The molecule has 5 rings (SSSR count). The van der Waals surface area contributed by atoms with Crippen LogP contribution in [-0.4, -0.2) is 36.3 Å². The van der Waals surface area contributed by atoms with E-state index in [2.05, 4.69) is 20.2 Å². The molecule has 0 bridgehead atoms. The number of nitrogens with zero attached hydrogens (tertiary/aromatic N) is 4. The number of imidazole rings is 1. The number of benzene rings is 1. The van der Waals surface area contributed by atoms with Gasteiger partial charge in [-0.1, -0.05) is 31.0 Å². The van der Waals surface area contributed by atoms with Crippen LogP contribution < -0.4 is 10.3 Å². The van der Waals surface area contributed by atoms with Gasteiger partial charge in [-0.3, -0.25) is 9.89 Å². The molecule has 1 aliphatic carbocycles. The van der Waals surface area contributed by atoms with Crippen LogP contribution in [-0.2, 0) is 13.0 Å². The molecule has 3 aromatic heterocycles. The molecule has 2 N–H and O–H groups in total. The smallest absolute Gasteiger partial charge is 0.276 e. The van der Waals surface area contributed by atoms with Crippen molar-refractivity contribution in [1.82, 2.24) is 29.7 Å². The minimum Gasteiger partial charge on any atom is -0.491 e. The van der Waals surface area contributed by atoms with Gasteiger partial charge in [0.15, 0.2) is 0 Å². The summed E-state index contributed by atoms with van der Waals surface area (Å²) >= 11 is 0. The van der Waals surface area contributed by atoms with E-state index in [-0.39, 0.29) is 5.56 Å². The third kappa shape index (κ3) is 3.72. The van der Waals surface area contributed by atoms with Gasteiger partial charge >= 0.3 is 0 Å². The third-order valence-electron chi connectivity index (χ3n) is 5.74. The number of hydrogen-bond donors (Lipinski definition) is 2. The fourth-order valence-electron chi connectivity index (χ4n) is 4.20. The van der Waals surface area contributed by atoms with Crippen molar-refractivity contribution < 1.29 is 4.74 Å². The van der Waals surface area contributed by atoms with E-state index in [1.165, 1.54) is 12.8 Å². The zero-order valence-electron chi connectivity index (χ0n) is 16.7. The zero-order valence-corrected chi connectivity index (χ0v) is 16.7. The number of H-pyrrole nitrogens is 2. The molecular weight excluding hydrogens is 380 g/mol. The van der Waals surface area contributed by atoms with E-state index < -0.39 is 0 Å². The van der Waals surface area contributed by atoms with Crippen LogP contribution in [0.4, 0.5) is 0 Å². The number of nitrogens with one attached hydrogen (secondary N) is 2. The van der Waals surface area contributed by atoms with Crippen molar-refractivity contribution in [2.45, 2.75) is 44.6 Å². The van der Waals surface area contributed by atoms with Crippen molar-refractivity contribution in [1.29, 1.82) is 0 Å². The highest BCUT2D eigenvalue weighted by Gasteiger charge is 2.24. The Balaban J connectivity index is 1.39. The number of para-hydroxylation sites is 1. The highest BCUT2D eigenvalue weighted by Crippen LogP contribution is 2.35. The van der Waals surface area contributed by atoms with Gasteiger partial charge in [-0.25, -0.2) is 9.97 Å². The molecule has 8 nitrogen and oxygen atoms in total. The Kier molecular flexibility index (Phi) is 5.04. The molecule has 0 amide bonds. The summed E-state index contributed by atoms with van der Waals surface area (Å²) in [5, 5.41) is 7.32. The van der Waals surface area contributed by atoms with E-state index in [9.17, 15) is 4.79 Å². The fraction of sp³-hybridized carbons (Fsp3) is 0.364. The maximum absolute atomic E-state index is 12.6. The monoisotopic (exact) mass is 404 g/mol. The van der Waals surface area contributed by atoms with Gasteiger partial charge in [0.1, 0.15) is 29.2 Å². The second-order valence-corrected chi connectivity index (χ2v) is 7.76. The summed E-state index contributed by atoms with van der Waals surface area (Å²) in [6.45, 7) is 1.25. The summed E-state index contributed by atoms with van der Waals surface area (Å²) in [6, 6.07) is 7.87. The first-order valence-electron chi connectivity index (χ1n) is 10.4. The second kappa shape index (κ2) is 8.14. The first-order chi connectivity index (χ1) is 14.8. The molecular formula is C22H24N6O2. The van der Waals surface area contributed by atoms with E-state index in [4.69, 9.17) is 9.72 Å². The number of rotatable bonds is 7. The highest BCUT2D eigenvalue weighted by molar-refractivity contribution is 5.76. The summed E-state index contributed by atoms with van der Waals surface area (Å²) in [4.78, 5) is 24.3. The van der Waals surface area contributed by atoms with Crippen molar-refractivity contribution in [2.24, 2.45) is 0 Å². The van der Waals surface area contributed by atoms with Gasteiger partial charge in [0.05, 0.1) is 18.6 Å². The lowest BCUT2D eigenvalue weighted by Crippen LogP contribution is -2.13. The van der Waals surface area contributed by atoms with Gasteiger partial charge < -0.3 is 14.3 Å². The molecule has 30 heavy (non-hydrogen) atoms. The molecule has 8 heteroatoms. The summed E-state index contributed by atoms with van der Waals surface area (Å²) < 4.78 is 7.97. The molecule has 1 aliphatic rings. The molecule has 1 saturated carbocycles. The molecule has 1 aromatic carbocycles. The van der Waals surface area contributed by atoms with E-state index in [0.717, 1.165) is 36.4 Å². The number of aromatic nitrogens is 6. The Bertz CT molecular complexity index is 1190. The number of hydrogen-bond acceptors (Lipinski definition) is 5. The predicted molar refractivity (Wildman–Crippen MR) is 113 cm³/mol. The normalized spacial score (nSPS) is 14.5. The predicted octanol–water partition coefficient (Wildman–Crippen LogP) is 3.17. The Morgan fingerprint density at radius 3 is 2.90 bits per heavy atom. The Morgan fingerprint density at radius 1 is 1.20 bits per heavy atom. The van der Waals surface area contributed by atoms with Crippen LogP contribution in [0.3, 0.4) is 0 Å². The molecule has 1 fully saturated rings. The molecule has 154 valence electrons. The van der Waals surface area contributed by atoms with E-state index in [0.29, 0.717) is 35.8 Å². The molecule has 0 spiro atoms. The Labute approximate surface area is 173 Å². The number of fused-ring (bicyclic) bond motifs is 1. The second-order valence-electron chi connectivity index (χ2n) is 7.76. The molecule has 0 radical (unpaired) electrons. The lowest BCUT2D eigenvalue weighted by molar-refractivity contribution is 0.295. The average molecular weight is 404 g/mol. The van der Waals surface area contributed by atoms with Crippen LogP contribution in [0.15, 0.2) is 47.8 Å². The quantitative estimate of drug-likeness (QED) is 0.493. The largest absolute Gasteiger partial charge is 0.491 e. The molecule has 4 aromatic rings.